The number of aryl methyl sites for hydroxylation is 1. The first kappa shape index (κ1) is 14.9. The van der Waals surface area contributed by atoms with Crippen LogP contribution < -0.4 is 0 Å². The van der Waals surface area contributed by atoms with Gasteiger partial charge in [-0.3, -0.25) is 4.98 Å². The fourth-order valence-electron chi connectivity index (χ4n) is 3.70. The molecule has 0 spiro atoms. The van der Waals surface area contributed by atoms with Crippen LogP contribution in [-0.4, -0.2) is 9.55 Å². The Morgan fingerprint density at radius 1 is 0.692 bits per heavy atom. The van der Waals surface area contributed by atoms with Gasteiger partial charge in [0.15, 0.2) is 0 Å². The third-order valence-electron chi connectivity index (χ3n) is 4.90. The lowest BCUT2D eigenvalue weighted by atomic mass is 10.1. The van der Waals surface area contributed by atoms with Crippen molar-refractivity contribution in [2.24, 2.45) is 0 Å². The fraction of sp³-hybridized carbons (Fsp3) is 0.0417. The Morgan fingerprint density at radius 2 is 1.46 bits per heavy atom. The van der Waals surface area contributed by atoms with Gasteiger partial charge in [-0.05, 0) is 36.8 Å². The van der Waals surface area contributed by atoms with E-state index >= 15 is 0 Å². The van der Waals surface area contributed by atoms with Crippen molar-refractivity contribution in [3.63, 3.8) is 0 Å². The molecule has 0 saturated heterocycles. The number of benzene rings is 3. The summed E-state index contributed by atoms with van der Waals surface area (Å²) in [6, 6.07) is 29.9. The van der Waals surface area contributed by atoms with Gasteiger partial charge in [-0.1, -0.05) is 60.7 Å². The molecule has 5 aromatic rings. The van der Waals surface area contributed by atoms with E-state index < -0.39 is 0 Å². The molecule has 0 bridgehead atoms. The summed E-state index contributed by atoms with van der Waals surface area (Å²) < 4.78 is 2.35. The number of hydrogen-bond acceptors (Lipinski definition) is 1. The largest absolute Gasteiger partial charge is 0.309 e. The van der Waals surface area contributed by atoms with Gasteiger partial charge in [-0.2, -0.15) is 0 Å². The average Bonchev–Trinajstić information content (AvgIpc) is 3.04. The summed E-state index contributed by atoms with van der Waals surface area (Å²) in [5.74, 6) is 0. The summed E-state index contributed by atoms with van der Waals surface area (Å²) in [7, 11) is 0. The van der Waals surface area contributed by atoms with E-state index in [9.17, 15) is 0 Å². The minimum absolute atomic E-state index is 1.00. The van der Waals surface area contributed by atoms with Gasteiger partial charge in [-0.15, -0.1) is 0 Å². The maximum Gasteiger partial charge on any atom is 0.0723 e. The van der Waals surface area contributed by atoms with E-state index in [2.05, 4.69) is 96.4 Å². The molecule has 0 radical (unpaired) electrons. The first-order valence-corrected chi connectivity index (χ1v) is 8.83. The van der Waals surface area contributed by atoms with Crippen molar-refractivity contribution < 1.29 is 0 Å². The average molecular weight is 334 g/mol. The first-order chi connectivity index (χ1) is 12.8. The van der Waals surface area contributed by atoms with E-state index in [4.69, 9.17) is 4.98 Å². The van der Waals surface area contributed by atoms with Crippen molar-refractivity contribution in [1.29, 1.82) is 0 Å². The van der Waals surface area contributed by atoms with Gasteiger partial charge >= 0.3 is 0 Å². The summed E-state index contributed by atoms with van der Waals surface area (Å²) in [6.07, 6.45) is 1.93. The van der Waals surface area contributed by atoms with E-state index in [0.29, 0.717) is 0 Å². The zero-order valence-corrected chi connectivity index (χ0v) is 14.6. The van der Waals surface area contributed by atoms with E-state index in [1.54, 1.807) is 0 Å². The molecule has 0 aliphatic carbocycles. The number of hydrogen-bond donors (Lipinski definition) is 0. The van der Waals surface area contributed by atoms with Crippen LogP contribution in [0.2, 0.25) is 0 Å². The Kier molecular flexibility index (Phi) is 3.36. The Balaban J connectivity index is 1.96. The van der Waals surface area contributed by atoms with Gasteiger partial charge in [0.05, 0.1) is 16.7 Å². The number of pyridine rings is 1. The second-order valence-electron chi connectivity index (χ2n) is 6.61. The maximum atomic E-state index is 4.69. The quantitative estimate of drug-likeness (QED) is 0.378. The van der Waals surface area contributed by atoms with Crippen LogP contribution >= 0.6 is 0 Å². The molecule has 0 atom stereocenters. The number of fused-ring (bicyclic) bond motifs is 3. The molecule has 0 N–H and O–H groups in total. The zero-order chi connectivity index (χ0) is 17.5. The number of rotatable bonds is 2. The third-order valence-corrected chi connectivity index (χ3v) is 4.90. The Morgan fingerprint density at radius 3 is 2.27 bits per heavy atom. The summed E-state index contributed by atoms with van der Waals surface area (Å²) >= 11 is 0. The fourth-order valence-corrected chi connectivity index (χ4v) is 3.70. The highest BCUT2D eigenvalue weighted by Crippen LogP contribution is 2.37. The molecule has 3 aromatic carbocycles. The predicted molar refractivity (Wildman–Crippen MR) is 109 cm³/mol. The molecule has 2 heterocycles. The molecule has 0 aliphatic heterocycles. The molecular weight excluding hydrogens is 316 g/mol. The van der Waals surface area contributed by atoms with Gasteiger partial charge in [0.1, 0.15) is 0 Å². The lowest BCUT2D eigenvalue weighted by Crippen LogP contribution is -1.95. The molecule has 2 aromatic heterocycles. The van der Waals surface area contributed by atoms with Crippen molar-refractivity contribution >= 4 is 21.8 Å². The molecule has 0 aliphatic rings. The lowest BCUT2D eigenvalue weighted by molar-refractivity contribution is 1.18. The van der Waals surface area contributed by atoms with E-state index in [1.807, 2.05) is 6.20 Å². The molecule has 26 heavy (non-hydrogen) atoms. The lowest BCUT2D eigenvalue weighted by Gasteiger charge is -2.11. The van der Waals surface area contributed by atoms with Gasteiger partial charge in [-0.25, -0.2) is 0 Å². The smallest absolute Gasteiger partial charge is 0.0723 e. The van der Waals surface area contributed by atoms with E-state index in [0.717, 1.165) is 11.3 Å². The van der Waals surface area contributed by atoms with E-state index in [-0.39, 0.29) is 0 Å². The molecule has 0 fully saturated rings. The maximum absolute atomic E-state index is 4.69. The van der Waals surface area contributed by atoms with Crippen molar-refractivity contribution in [3.8, 4) is 16.9 Å². The van der Waals surface area contributed by atoms with Crippen LogP contribution in [0.5, 0.6) is 0 Å². The van der Waals surface area contributed by atoms with Crippen molar-refractivity contribution in [2.75, 3.05) is 0 Å². The molecule has 124 valence electrons. The molecule has 0 amide bonds. The predicted octanol–water partition coefficient (Wildman–Crippen LogP) is 6.15. The molecule has 2 heteroatoms. The number of para-hydroxylation sites is 3. The van der Waals surface area contributed by atoms with Gasteiger partial charge < -0.3 is 4.57 Å². The van der Waals surface area contributed by atoms with Crippen LogP contribution in [0.4, 0.5) is 0 Å². The standard InChI is InChI=1S/C24H18N2/c1-17-14-15-22(25-16-17)21-12-7-11-20-19-10-5-6-13-23(19)26(24(20)21)18-8-3-2-4-9-18/h2-16H,1H3. The summed E-state index contributed by atoms with van der Waals surface area (Å²) in [6.45, 7) is 2.07. The van der Waals surface area contributed by atoms with Gasteiger partial charge in [0.2, 0.25) is 0 Å². The number of nitrogens with zero attached hydrogens (tertiary/aromatic N) is 2. The van der Waals surface area contributed by atoms with Crippen molar-refractivity contribution in [2.45, 2.75) is 6.92 Å². The highest BCUT2D eigenvalue weighted by atomic mass is 15.0. The molecule has 0 saturated carbocycles. The second-order valence-corrected chi connectivity index (χ2v) is 6.61. The first-order valence-electron chi connectivity index (χ1n) is 8.83. The summed E-state index contributed by atoms with van der Waals surface area (Å²) in [5, 5.41) is 2.52. The van der Waals surface area contributed by atoms with Gasteiger partial charge in [0, 0.05) is 28.2 Å². The van der Waals surface area contributed by atoms with Crippen LogP contribution in [0, 0.1) is 6.92 Å². The van der Waals surface area contributed by atoms with Crippen molar-refractivity contribution in [3.05, 3.63) is 96.7 Å². The van der Waals surface area contributed by atoms with Crippen LogP contribution in [0.15, 0.2) is 91.1 Å². The van der Waals surface area contributed by atoms with Crippen LogP contribution in [0.3, 0.4) is 0 Å². The van der Waals surface area contributed by atoms with Crippen LogP contribution in [-0.2, 0) is 0 Å². The Bertz CT molecular complexity index is 1220. The highest BCUT2D eigenvalue weighted by Gasteiger charge is 2.16. The topological polar surface area (TPSA) is 17.8 Å². The summed E-state index contributed by atoms with van der Waals surface area (Å²) in [4.78, 5) is 4.69. The molecule has 5 rings (SSSR count). The minimum atomic E-state index is 1.00. The van der Waals surface area contributed by atoms with Gasteiger partial charge in [0.25, 0.3) is 0 Å². The summed E-state index contributed by atoms with van der Waals surface area (Å²) in [5.41, 5.74) is 6.91. The number of aromatic nitrogens is 2. The van der Waals surface area contributed by atoms with Crippen LogP contribution in [0.25, 0.3) is 38.8 Å². The second kappa shape index (κ2) is 5.85. The van der Waals surface area contributed by atoms with Crippen molar-refractivity contribution in [1.82, 2.24) is 9.55 Å². The zero-order valence-electron chi connectivity index (χ0n) is 14.6. The minimum Gasteiger partial charge on any atom is -0.309 e. The molecular formula is C24H18N2. The van der Waals surface area contributed by atoms with E-state index in [1.165, 1.54) is 33.1 Å². The molecule has 2 nitrogen and oxygen atoms in total. The SMILES string of the molecule is Cc1ccc(-c2cccc3c4ccccc4n(-c4ccccc4)c23)nc1. The highest BCUT2D eigenvalue weighted by molar-refractivity contribution is 6.13. The Hall–Kier alpha value is -3.39. The Labute approximate surface area is 152 Å². The normalized spacial score (nSPS) is 11.3. The molecule has 0 unspecified atom stereocenters. The monoisotopic (exact) mass is 334 g/mol. The third kappa shape index (κ3) is 2.23. The van der Waals surface area contributed by atoms with Crippen LogP contribution in [0.1, 0.15) is 5.56 Å².